The minimum atomic E-state index is -3.24. The van der Waals surface area contributed by atoms with Crippen LogP contribution in [0.3, 0.4) is 0 Å². The summed E-state index contributed by atoms with van der Waals surface area (Å²) in [6.45, 7) is 6.67. The number of ether oxygens (including phenoxy) is 1. The second-order valence-electron chi connectivity index (χ2n) is 9.94. The first kappa shape index (κ1) is 26.5. The monoisotopic (exact) mass is 532 g/mol. The molecule has 0 atom stereocenters. The third kappa shape index (κ3) is 6.63. The summed E-state index contributed by atoms with van der Waals surface area (Å²) in [5.74, 6) is 0.0903. The Labute approximate surface area is 215 Å². The van der Waals surface area contributed by atoms with Crippen LogP contribution < -0.4 is 10.6 Å². The molecular weight excluding hydrogens is 500 g/mol. The zero-order chi connectivity index (χ0) is 26.8. The van der Waals surface area contributed by atoms with E-state index in [4.69, 9.17) is 9.84 Å². The van der Waals surface area contributed by atoms with Crippen LogP contribution >= 0.6 is 0 Å². The van der Waals surface area contributed by atoms with Gasteiger partial charge in [0.15, 0.2) is 5.65 Å². The second kappa shape index (κ2) is 10.5. The summed E-state index contributed by atoms with van der Waals surface area (Å²) in [5.41, 5.74) is 0.860. The lowest BCUT2D eigenvalue weighted by molar-refractivity contribution is 0.0525. The minimum absolute atomic E-state index is 0.0346. The summed E-state index contributed by atoms with van der Waals surface area (Å²) in [7, 11) is -3.24. The van der Waals surface area contributed by atoms with Gasteiger partial charge in [0, 0.05) is 44.0 Å². The van der Waals surface area contributed by atoms with E-state index in [0.717, 1.165) is 5.69 Å². The summed E-state index contributed by atoms with van der Waals surface area (Å²) in [4.78, 5) is 29.4. The summed E-state index contributed by atoms with van der Waals surface area (Å²) in [6.07, 6.45) is 6.63. The van der Waals surface area contributed by atoms with Crippen molar-refractivity contribution < 1.29 is 22.7 Å². The van der Waals surface area contributed by atoms with Crippen molar-refractivity contribution in [2.45, 2.75) is 51.7 Å². The van der Waals surface area contributed by atoms with Gasteiger partial charge in [-0.05, 0) is 39.7 Å². The third-order valence-corrected chi connectivity index (χ3v) is 7.20. The number of nitrogens with zero attached hydrogens (tertiary/aromatic N) is 6. The Morgan fingerprint density at radius 2 is 1.95 bits per heavy atom. The number of alkyl carbamates (subject to hydrolysis) is 1. The van der Waals surface area contributed by atoms with Gasteiger partial charge in [0.2, 0.25) is 10.0 Å². The molecule has 2 N–H and O–H groups in total. The highest BCUT2D eigenvalue weighted by molar-refractivity contribution is 7.88. The molecule has 3 aromatic rings. The molecule has 4 rings (SSSR count). The predicted octanol–water partition coefficient (Wildman–Crippen LogP) is 1.84. The number of aromatic nitrogens is 5. The number of rotatable bonds is 7. The van der Waals surface area contributed by atoms with Crippen LogP contribution in [0.5, 0.6) is 0 Å². The Bertz CT molecular complexity index is 1380. The van der Waals surface area contributed by atoms with Crippen molar-refractivity contribution in [1.29, 1.82) is 0 Å². The normalized spacial score (nSPS) is 15.6. The van der Waals surface area contributed by atoms with Crippen molar-refractivity contribution in [3.8, 4) is 0 Å². The third-order valence-electron chi connectivity index (χ3n) is 5.90. The van der Waals surface area contributed by atoms with Gasteiger partial charge in [-0.2, -0.15) is 10.2 Å². The zero-order valence-corrected chi connectivity index (χ0v) is 22.2. The van der Waals surface area contributed by atoms with Gasteiger partial charge in [-0.15, -0.1) is 0 Å². The van der Waals surface area contributed by atoms with Gasteiger partial charge >= 0.3 is 6.09 Å². The average molecular weight is 533 g/mol. The maximum absolute atomic E-state index is 13.1. The quantitative estimate of drug-likeness (QED) is 0.467. The fourth-order valence-corrected chi connectivity index (χ4v) is 5.01. The first-order chi connectivity index (χ1) is 17.4. The summed E-state index contributed by atoms with van der Waals surface area (Å²) in [6, 6.07) is 3.51. The number of anilines is 1. The van der Waals surface area contributed by atoms with Crippen molar-refractivity contribution in [1.82, 2.24) is 34.0 Å². The average Bonchev–Trinajstić information content (AvgIpc) is 3.42. The molecular formula is C23H32N8O5S. The lowest BCUT2D eigenvalue weighted by Gasteiger charge is -2.29. The molecule has 3 aromatic heterocycles. The van der Waals surface area contributed by atoms with Crippen LogP contribution in [0.1, 0.15) is 55.6 Å². The van der Waals surface area contributed by atoms with E-state index in [-0.39, 0.29) is 19.0 Å². The first-order valence-electron chi connectivity index (χ1n) is 12.0. The molecule has 0 bridgehead atoms. The van der Waals surface area contributed by atoms with Crippen LogP contribution in [-0.2, 0) is 21.3 Å². The molecule has 0 aliphatic carbocycles. The first-order valence-corrected chi connectivity index (χ1v) is 13.8. The number of sulfonamides is 1. The van der Waals surface area contributed by atoms with E-state index >= 15 is 0 Å². The molecule has 0 saturated carbocycles. The van der Waals surface area contributed by atoms with Crippen LogP contribution in [0.15, 0.2) is 30.7 Å². The molecule has 0 spiro atoms. The van der Waals surface area contributed by atoms with Gasteiger partial charge in [-0.1, -0.05) is 0 Å². The highest BCUT2D eigenvalue weighted by Gasteiger charge is 2.28. The standard InChI is InChI=1S/C23H32N8O5S/c1-23(2,3)36-22(33)25-9-13-30-19(27-21(32)17-15-26-31-10-5-8-24-20(17)31)14-18(28-30)16-6-11-29(12-7-16)37(4,34)35/h5,8,10,14-16H,6-7,9,11-13H2,1-4H3,(H,25,33)(H,27,32). The van der Waals surface area contributed by atoms with Crippen LogP contribution in [0.2, 0.25) is 0 Å². The molecule has 1 aliphatic heterocycles. The smallest absolute Gasteiger partial charge is 0.407 e. The van der Waals surface area contributed by atoms with Crippen molar-refractivity contribution in [3.63, 3.8) is 0 Å². The number of piperidine rings is 1. The lowest BCUT2D eigenvalue weighted by atomic mass is 9.95. The van der Waals surface area contributed by atoms with Gasteiger partial charge < -0.3 is 15.4 Å². The fourth-order valence-electron chi connectivity index (χ4n) is 4.14. The highest BCUT2D eigenvalue weighted by atomic mass is 32.2. The molecule has 37 heavy (non-hydrogen) atoms. The Morgan fingerprint density at radius 3 is 2.62 bits per heavy atom. The van der Waals surface area contributed by atoms with E-state index in [1.807, 2.05) is 0 Å². The zero-order valence-electron chi connectivity index (χ0n) is 21.3. The maximum atomic E-state index is 13.1. The van der Waals surface area contributed by atoms with Gasteiger partial charge in [0.1, 0.15) is 17.0 Å². The van der Waals surface area contributed by atoms with Gasteiger partial charge in [-0.3, -0.25) is 4.79 Å². The Kier molecular flexibility index (Phi) is 7.50. The van der Waals surface area contributed by atoms with E-state index in [0.29, 0.717) is 43.0 Å². The molecule has 0 unspecified atom stereocenters. The van der Waals surface area contributed by atoms with E-state index < -0.39 is 27.6 Å². The molecule has 2 amide bonds. The SMILES string of the molecule is CC(C)(C)OC(=O)NCCn1nc(C2CCN(S(C)(=O)=O)CC2)cc1NC(=O)c1cnn2cccnc12. The van der Waals surface area contributed by atoms with E-state index in [9.17, 15) is 18.0 Å². The number of amides is 2. The minimum Gasteiger partial charge on any atom is -0.444 e. The Hall–Kier alpha value is -3.52. The number of hydrogen-bond donors (Lipinski definition) is 2. The molecule has 14 heteroatoms. The van der Waals surface area contributed by atoms with Gasteiger partial charge in [0.25, 0.3) is 5.91 Å². The van der Waals surface area contributed by atoms with Crippen LogP contribution in [-0.4, -0.2) is 80.6 Å². The fraction of sp³-hybridized carbons (Fsp3) is 0.522. The van der Waals surface area contributed by atoms with E-state index in [1.54, 1.807) is 50.0 Å². The number of carbonyl (C=O) groups excluding carboxylic acids is 2. The molecule has 1 saturated heterocycles. The second-order valence-corrected chi connectivity index (χ2v) is 11.9. The number of fused-ring (bicyclic) bond motifs is 1. The topological polar surface area (TPSA) is 153 Å². The molecule has 1 fully saturated rings. The highest BCUT2D eigenvalue weighted by Crippen LogP contribution is 2.30. The molecule has 13 nitrogen and oxygen atoms in total. The number of nitrogens with one attached hydrogen (secondary N) is 2. The van der Waals surface area contributed by atoms with Crippen molar-refractivity contribution in [2.75, 3.05) is 31.2 Å². The van der Waals surface area contributed by atoms with Crippen molar-refractivity contribution in [3.05, 3.63) is 42.0 Å². The maximum Gasteiger partial charge on any atom is 0.407 e. The Balaban J connectivity index is 1.51. The summed E-state index contributed by atoms with van der Waals surface area (Å²) < 4.78 is 33.6. The van der Waals surface area contributed by atoms with E-state index in [1.165, 1.54) is 21.3 Å². The summed E-state index contributed by atoms with van der Waals surface area (Å²) >= 11 is 0. The van der Waals surface area contributed by atoms with Gasteiger partial charge in [-0.25, -0.2) is 31.7 Å². The number of carbonyl (C=O) groups is 2. The molecule has 0 radical (unpaired) electrons. The van der Waals surface area contributed by atoms with Gasteiger partial charge in [0.05, 0.1) is 24.7 Å². The number of hydrogen-bond acceptors (Lipinski definition) is 8. The van der Waals surface area contributed by atoms with Crippen molar-refractivity contribution in [2.24, 2.45) is 0 Å². The predicted molar refractivity (Wildman–Crippen MR) is 136 cm³/mol. The lowest BCUT2D eigenvalue weighted by Crippen LogP contribution is -2.37. The van der Waals surface area contributed by atoms with E-state index in [2.05, 4.69) is 20.7 Å². The van der Waals surface area contributed by atoms with Crippen LogP contribution in [0, 0.1) is 0 Å². The summed E-state index contributed by atoms with van der Waals surface area (Å²) in [5, 5.41) is 14.4. The molecule has 0 aromatic carbocycles. The van der Waals surface area contributed by atoms with Crippen LogP contribution in [0.4, 0.5) is 10.6 Å². The molecule has 4 heterocycles. The van der Waals surface area contributed by atoms with Crippen molar-refractivity contribution >= 4 is 33.5 Å². The largest absolute Gasteiger partial charge is 0.444 e. The molecule has 200 valence electrons. The Morgan fingerprint density at radius 1 is 1.22 bits per heavy atom. The van der Waals surface area contributed by atoms with Crippen LogP contribution in [0.25, 0.3) is 5.65 Å². The molecule has 1 aliphatic rings.